The first-order valence-electron chi connectivity index (χ1n) is 6.55. The molecule has 1 aromatic heterocycles. The summed E-state index contributed by atoms with van der Waals surface area (Å²) in [5, 5.41) is 1.21. The standard InChI is InChI=1S/C17H16BrNO/c1-12-8-9-14-15(10-12)19(11-20-2)17(16(14)18)13-6-4-3-5-7-13/h3-10H,11H2,1-2H3. The Kier molecular flexibility index (Phi) is 3.64. The molecule has 0 atom stereocenters. The van der Waals surface area contributed by atoms with Crippen LogP contribution < -0.4 is 0 Å². The van der Waals surface area contributed by atoms with Crippen molar-refractivity contribution in [3.05, 3.63) is 58.6 Å². The van der Waals surface area contributed by atoms with E-state index in [1.807, 2.05) is 6.07 Å². The maximum absolute atomic E-state index is 5.39. The van der Waals surface area contributed by atoms with Crippen molar-refractivity contribution in [2.75, 3.05) is 7.11 Å². The van der Waals surface area contributed by atoms with Gasteiger partial charge in [0.05, 0.1) is 15.7 Å². The fourth-order valence-corrected chi connectivity index (χ4v) is 3.34. The van der Waals surface area contributed by atoms with Crippen LogP contribution in [0, 0.1) is 6.92 Å². The van der Waals surface area contributed by atoms with Crippen LogP contribution in [0.25, 0.3) is 22.2 Å². The SMILES string of the molecule is COCn1c(-c2ccccc2)c(Br)c2ccc(C)cc21. The maximum atomic E-state index is 5.39. The largest absolute Gasteiger partial charge is 0.364 e. The number of hydrogen-bond acceptors (Lipinski definition) is 1. The Bertz CT molecular complexity index is 747. The summed E-state index contributed by atoms with van der Waals surface area (Å²) >= 11 is 3.76. The van der Waals surface area contributed by atoms with Crippen molar-refractivity contribution in [1.29, 1.82) is 0 Å². The van der Waals surface area contributed by atoms with Gasteiger partial charge in [-0.3, -0.25) is 0 Å². The van der Waals surface area contributed by atoms with Gasteiger partial charge in [-0.2, -0.15) is 0 Å². The highest BCUT2D eigenvalue weighted by Gasteiger charge is 2.16. The van der Waals surface area contributed by atoms with Gasteiger partial charge in [-0.1, -0.05) is 42.5 Å². The summed E-state index contributed by atoms with van der Waals surface area (Å²) in [5.74, 6) is 0. The molecule has 0 N–H and O–H groups in total. The molecule has 0 saturated heterocycles. The molecule has 3 aromatic rings. The Morgan fingerprint density at radius 3 is 2.55 bits per heavy atom. The number of rotatable bonds is 3. The number of nitrogens with zero attached hydrogens (tertiary/aromatic N) is 1. The Balaban J connectivity index is 2.35. The van der Waals surface area contributed by atoms with E-state index in [0.717, 1.165) is 10.2 Å². The highest BCUT2D eigenvalue weighted by Crippen LogP contribution is 2.38. The van der Waals surface area contributed by atoms with Crippen LogP contribution in [0.1, 0.15) is 5.56 Å². The number of methoxy groups -OCH3 is 1. The smallest absolute Gasteiger partial charge is 0.123 e. The highest BCUT2D eigenvalue weighted by atomic mass is 79.9. The predicted octanol–water partition coefficient (Wildman–Crippen LogP) is 4.98. The van der Waals surface area contributed by atoms with Crippen LogP contribution in [-0.2, 0) is 11.5 Å². The first-order valence-corrected chi connectivity index (χ1v) is 7.34. The fourth-order valence-electron chi connectivity index (χ4n) is 2.56. The summed E-state index contributed by atoms with van der Waals surface area (Å²) in [5.41, 5.74) is 4.79. The van der Waals surface area contributed by atoms with E-state index in [1.54, 1.807) is 7.11 Å². The number of benzene rings is 2. The van der Waals surface area contributed by atoms with Crippen LogP contribution in [0.3, 0.4) is 0 Å². The van der Waals surface area contributed by atoms with E-state index in [-0.39, 0.29) is 0 Å². The monoisotopic (exact) mass is 329 g/mol. The summed E-state index contributed by atoms with van der Waals surface area (Å²) in [6.07, 6.45) is 0. The quantitative estimate of drug-likeness (QED) is 0.660. The summed E-state index contributed by atoms with van der Waals surface area (Å²) < 4.78 is 8.72. The molecule has 0 aliphatic heterocycles. The van der Waals surface area contributed by atoms with E-state index in [9.17, 15) is 0 Å². The summed E-state index contributed by atoms with van der Waals surface area (Å²) in [7, 11) is 1.73. The molecule has 0 bridgehead atoms. The summed E-state index contributed by atoms with van der Waals surface area (Å²) in [4.78, 5) is 0. The number of halogens is 1. The van der Waals surface area contributed by atoms with Crippen LogP contribution in [0.4, 0.5) is 0 Å². The van der Waals surface area contributed by atoms with Crippen molar-refractivity contribution in [3.63, 3.8) is 0 Å². The highest BCUT2D eigenvalue weighted by molar-refractivity contribution is 9.10. The molecule has 3 rings (SSSR count). The molecule has 2 nitrogen and oxygen atoms in total. The number of fused-ring (bicyclic) bond motifs is 1. The second-order valence-corrected chi connectivity index (χ2v) is 5.69. The molecule has 3 heteroatoms. The number of aryl methyl sites for hydroxylation is 1. The lowest BCUT2D eigenvalue weighted by Gasteiger charge is -2.10. The lowest BCUT2D eigenvalue weighted by atomic mass is 10.1. The second-order valence-electron chi connectivity index (χ2n) is 4.90. The Morgan fingerprint density at radius 1 is 1.10 bits per heavy atom. The van der Waals surface area contributed by atoms with Crippen molar-refractivity contribution >= 4 is 26.8 Å². The van der Waals surface area contributed by atoms with Crippen molar-refractivity contribution in [2.45, 2.75) is 13.7 Å². The van der Waals surface area contributed by atoms with E-state index in [2.05, 4.69) is 69.9 Å². The average Bonchev–Trinajstić information content (AvgIpc) is 2.73. The van der Waals surface area contributed by atoms with Gasteiger partial charge in [-0.15, -0.1) is 0 Å². The molecule has 2 aromatic carbocycles. The Hall–Kier alpha value is -1.58. The Morgan fingerprint density at radius 2 is 1.85 bits per heavy atom. The van der Waals surface area contributed by atoms with Crippen molar-refractivity contribution in [1.82, 2.24) is 4.57 Å². The lowest BCUT2D eigenvalue weighted by molar-refractivity contribution is 0.136. The van der Waals surface area contributed by atoms with Gasteiger partial charge in [0.2, 0.25) is 0 Å². The van der Waals surface area contributed by atoms with Gasteiger partial charge in [-0.25, -0.2) is 0 Å². The summed E-state index contributed by atoms with van der Waals surface area (Å²) in [6.45, 7) is 2.65. The molecule has 0 aliphatic carbocycles. The molecule has 0 fully saturated rings. The molecule has 20 heavy (non-hydrogen) atoms. The van der Waals surface area contributed by atoms with Gasteiger partial charge in [0.25, 0.3) is 0 Å². The molecule has 0 spiro atoms. The molecule has 0 unspecified atom stereocenters. The molecular formula is C17H16BrNO. The number of ether oxygens (including phenoxy) is 1. The lowest BCUT2D eigenvalue weighted by Crippen LogP contribution is -2.01. The average molecular weight is 330 g/mol. The second kappa shape index (κ2) is 5.43. The number of hydrogen-bond donors (Lipinski definition) is 0. The van der Waals surface area contributed by atoms with Gasteiger partial charge < -0.3 is 9.30 Å². The normalized spacial score (nSPS) is 11.2. The molecule has 0 radical (unpaired) electrons. The molecule has 0 aliphatic rings. The first-order chi connectivity index (χ1) is 9.72. The zero-order valence-corrected chi connectivity index (χ0v) is 13.1. The van der Waals surface area contributed by atoms with Gasteiger partial charge >= 0.3 is 0 Å². The van der Waals surface area contributed by atoms with Crippen molar-refractivity contribution in [2.24, 2.45) is 0 Å². The minimum absolute atomic E-state index is 0.537. The van der Waals surface area contributed by atoms with E-state index in [4.69, 9.17) is 4.74 Å². The minimum Gasteiger partial charge on any atom is -0.364 e. The molecule has 102 valence electrons. The van der Waals surface area contributed by atoms with Crippen molar-refractivity contribution in [3.8, 4) is 11.3 Å². The van der Waals surface area contributed by atoms with E-state index in [1.165, 1.54) is 22.0 Å². The number of aromatic nitrogens is 1. The molecular weight excluding hydrogens is 314 g/mol. The molecule has 0 saturated carbocycles. The first kappa shape index (κ1) is 13.4. The fraction of sp³-hybridized carbons (Fsp3) is 0.176. The van der Waals surface area contributed by atoms with Crippen LogP contribution in [0.2, 0.25) is 0 Å². The summed E-state index contributed by atoms with van der Waals surface area (Å²) in [6, 6.07) is 16.9. The van der Waals surface area contributed by atoms with Crippen LogP contribution in [-0.4, -0.2) is 11.7 Å². The van der Waals surface area contributed by atoms with Gasteiger partial charge in [0.1, 0.15) is 6.73 Å². The van der Waals surface area contributed by atoms with Crippen LogP contribution in [0.15, 0.2) is 53.0 Å². The van der Waals surface area contributed by atoms with Gasteiger partial charge in [-0.05, 0) is 40.0 Å². The van der Waals surface area contributed by atoms with Gasteiger partial charge in [0, 0.05) is 12.5 Å². The van der Waals surface area contributed by atoms with Gasteiger partial charge in [0.15, 0.2) is 0 Å². The van der Waals surface area contributed by atoms with E-state index < -0.39 is 0 Å². The third kappa shape index (κ3) is 2.17. The minimum atomic E-state index is 0.537. The van der Waals surface area contributed by atoms with Crippen LogP contribution >= 0.6 is 15.9 Å². The maximum Gasteiger partial charge on any atom is 0.123 e. The van der Waals surface area contributed by atoms with Crippen LogP contribution in [0.5, 0.6) is 0 Å². The topological polar surface area (TPSA) is 14.2 Å². The zero-order chi connectivity index (χ0) is 14.1. The van der Waals surface area contributed by atoms with E-state index in [0.29, 0.717) is 6.73 Å². The zero-order valence-electron chi connectivity index (χ0n) is 11.6. The predicted molar refractivity (Wildman–Crippen MR) is 86.8 cm³/mol. The third-order valence-corrected chi connectivity index (χ3v) is 4.27. The molecule has 0 amide bonds. The molecule has 1 heterocycles. The Labute approximate surface area is 127 Å². The van der Waals surface area contributed by atoms with Crippen molar-refractivity contribution < 1.29 is 4.74 Å². The third-order valence-electron chi connectivity index (χ3n) is 3.46. The van der Waals surface area contributed by atoms with E-state index >= 15 is 0 Å².